The molecule has 0 bridgehead atoms. The molecule has 0 radical (unpaired) electrons. The van der Waals surface area contributed by atoms with Gasteiger partial charge in [0.2, 0.25) is 0 Å². The molecule has 2 aliphatic heterocycles. The van der Waals surface area contributed by atoms with Crippen molar-refractivity contribution in [3.8, 4) is 33.9 Å². The number of nitrogens with zero attached hydrogens (tertiary/aromatic N) is 6. The molecule has 1 N–H and O–H groups in total. The molecule has 2 aromatic carbocycles. The normalized spacial score (nSPS) is 21.0. The van der Waals surface area contributed by atoms with Crippen molar-refractivity contribution in [1.29, 1.82) is 0 Å². The lowest BCUT2D eigenvalue weighted by Crippen LogP contribution is -2.51. The first-order valence-corrected chi connectivity index (χ1v) is 13.2. The summed E-state index contributed by atoms with van der Waals surface area (Å²) in [5.41, 5.74) is 5.08. The fraction of sp³-hybridized carbons (Fsp3) is 0.414. The highest BCUT2D eigenvalue weighted by atomic mass is 16.5. The van der Waals surface area contributed by atoms with Crippen LogP contribution < -0.4 is 4.74 Å². The third-order valence-corrected chi connectivity index (χ3v) is 8.30. The Balaban J connectivity index is 1.05. The number of hydrogen-bond donors (Lipinski definition) is 1. The van der Waals surface area contributed by atoms with Gasteiger partial charge >= 0.3 is 0 Å². The number of benzene rings is 2. The number of likely N-dealkylation sites (tertiary alicyclic amines) is 2. The quantitative estimate of drug-likeness (QED) is 0.431. The van der Waals surface area contributed by atoms with Gasteiger partial charge in [0.05, 0.1) is 18.5 Å². The van der Waals surface area contributed by atoms with Crippen molar-refractivity contribution in [2.75, 3.05) is 33.3 Å². The van der Waals surface area contributed by atoms with Gasteiger partial charge in [-0.05, 0) is 66.8 Å². The molecule has 7 rings (SSSR count). The Bertz CT molecular complexity index is 1460. The van der Waals surface area contributed by atoms with Gasteiger partial charge in [-0.1, -0.05) is 6.07 Å². The first-order valence-electron chi connectivity index (χ1n) is 13.2. The molecule has 0 amide bonds. The van der Waals surface area contributed by atoms with Gasteiger partial charge in [-0.25, -0.2) is 0 Å². The van der Waals surface area contributed by atoms with E-state index in [-0.39, 0.29) is 5.75 Å². The Morgan fingerprint density at radius 3 is 2.49 bits per heavy atom. The molecule has 190 valence electrons. The summed E-state index contributed by atoms with van der Waals surface area (Å²) in [4.78, 5) is 5.29. The highest BCUT2D eigenvalue weighted by Gasteiger charge is 2.40. The Kier molecular flexibility index (Phi) is 5.41. The molecular formula is C29H32N6O2. The van der Waals surface area contributed by atoms with E-state index in [2.05, 4.69) is 37.2 Å². The third kappa shape index (κ3) is 4.14. The minimum atomic E-state index is 0.182. The van der Waals surface area contributed by atoms with Crippen molar-refractivity contribution in [3.63, 3.8) is 0 Å². The van der Waals surface area contributed by atoms with Gasteiger partial charge in [-0.15, -0.1) is 0 Å². The van der Waals surface area contributed by atoms with E-state index >= 15 is 0 Å². The van der Waals surface area contributed by atoms with Crippen LogP contribution in [0.3, 0.4) is 0 Å². The van der Waals surface area contributed by atoms with Gasteiger partial charge in [-0.3, -0.25) is 14.5 Å². The predicted molar refractivity (Wildman–Crippen MR) is 143 cm³/mol. The lowest BCUT2D eigenvalue weighted by Gasteiger charge is -2.42. The average molecular weight is 497 g/mol. The maximum absolute atomic E-state index is 10.9. The summed E-state index contributed by atoms with van der Waals surface area (Å²) in [6.07, 6.45) is 6.05. The number of aromatic hydroxyl groups is 1. The molecule has 8 heteroatoms. The number of phenolic OH excluding ortho intramolecular Hbond substituents is 1. The van der Waals surface area contributed by atoms with Crippen molar-refractivity contribution in [2.24, 2.45) is 7.05 Å². The Morgan fingerprint density at radius 2 is 1.76 bits per heavy atom. The van der Waals surface area contributed by atoms with Gasteiger partial charge in [0.15, 0.2) is 0 Å². The van der Waals surface area contributed by atoms with Gasteiger partial charge in [0.1, 0.15) is 17.0 Å². The smallest absolute Gasteiger partial charge is 0.147 e. The SMILES string of the molecule is COc1cc(-c2ccc(-c3ccc(C4CN(C5CCN(C6CC6)C5)C4)nn3)c(O)c2)cc2cn(C)nc12. The first kappa shape index (κ1) is 22.7. The number of methoxy groups -OCH3 is 1. The minimum Gasteiger partial charge on any atom is -0.507 e. The van der Waals surface area contributed by atoms with Crippen LogP contribution in [0, 0.1) is 0 Å². The van der Waals surface area contributed by atoms with Crippen LogP contribution in [0.2, 0.25) is 0 Å². The van der Waals surface area contributed by atoms with Crippen molar-refractivity contribution in [2.45, 2.75) is 37.3 Å². The highest BCUT2D eigenvalue weighted by Crippen LogP contribution is 2.37. The molecule has 2 saturated heterocycles. The van der Waals surface area contributed by atoms with Crippen LogP contribution in [0.4, 0.5) is 0 Å². The van der Waals surface area contributed by atoms with E-state index in [0.717, 1.165) is 46.9 Å². The largest absolute Gasteiger partial charge is 0.507 e. The van der Waals surface area contributed by atoms with Gasteiger partial charge in [0.25, 0.3) is 0 Å². The van der Waals surface area contributed by atoms with Crippen molar-refractivity contribution < 1.29 is 9.84 Å². The predicted octanol–water partition coefficient (Wildman–Crippen LogP) is 4.05. The standard InChI is InChI=1S/C29H32N6O2/c1-33-14-20-11-19(13-28(37-2)29(20)32-33)18-3-6-24(27(36)12-18)26-8-7-25(30-31-26)21-15-35(16-21)23-9-10-34(17-23)22-4-5-22/h3,6-8,11-14,21-23,36H,4-5,9-10,15-17H2,1-2H3. The lowest BCUT2D eigenvalue weighted by atomic mass is 9.93. The van der Waals surface area contributed by atoms with Crippen LogP contribution in [0.25, 0.3) is 33.3 Å². The number of hydrogen-bond acceptors (Lipinski definition) is 7. The van der Waals surface area contributed by atoms with E-state index in [9.17, 15) is 5.11 Å². The van der Waals surface area contributed by atoms with E-state index in [4.69, 9.17) is 4.74 Å². The number of fused-ring (bicyclic) bond motifs is 1. The summed E-state index contributed by atoms with van der Waals surface area (Å²) in [5, 5.41) is 25.4. The molecule has 1 aliphatic carbocycles. The summed E-state index contributed by atoms with van der Waals surface area (Å²) >= 11 is 0. The minimum absolute atomic E-state index is 0.182. The topological polar surface area (TPSA) is 79.5 Å². The first-order chi connectivity index (χ1) is 18.1. The Hall–Kier alpha value is -3.49. The van der Waals surface area contributed by atoms with Gasteiger partial charge < -0.3 is 9.84 Å². The summed E-state index contributed by atoms with van der Waals surface area (Å²) in [6.45, 7) is 4.64. The van der Waals surface area contributed by atoms with Crippen LogP contribution in [-0.4, -0.2) is 80.3 Å². The zero-order valence-electron chi connectivity index (χ0n) is 21.3. The summed E-state index contributed by atoms with van der Waals surface area (Å²) in [7, 11) is 3.54. The second-order valence-electron chi connectivity index (χ2n) is 10.8. The fourth-order valence-corrected chi connectivity index (χ4v) is 6.01. The van der Waals surface area contributed by atoms with Crippen LogP contribution >= 0.6 is 0 Å². The van der Waals surface area contributed by atoms with Gasteiger partial charge in [0, 0.05) is 68.4 Å². The monoisotopic (exact) mass is 496 g/mol. The summed E-state index contributed by atoms with van der Waals surface area (Å²) < 4.78 is 7.34. The fourth-order valence-electron chi connectivity index (χ4n) is 6.01. The van der Waals surface area contributed by atoms with E-state index in [1.165, 1.54) is 32.4 Å². The number of aromatic nitrogens is 4. The zero-order valence-corrected chi connectivity index (χ0v) is 21.3. The molecule has 4 aromatic rings. The highest BCUT2D eigenvalue weighted by molar-refractivity contribution is 5.90. The molecule has 1 unspecified atom stereocenters. The molecule has 37 heavy (non-hydrogen) atoms. The molecule has 0 spiro atoms. The molecule has 4 heterocycles. The second-order valence-corrected chi connectivity index (χ2v) is 10.8. The average Bonchev–Trinajstić information content (AvgIpc) is 3.49. The number of aryl methyl sites for hydroxylation is 1. The van der Waals surface area contributed by atoms with E-state index in [0.29, 0.717) is 29.0 Å². The Labute approximate surface area is 216 Å². The maximum Gasteiger partial charge on any atom is 0.147 e. The zero-order chi connectivity index (χ0) is 25.1. The van der Waals surface area contributed by atoms with Crippen LogP contribution in [0.15, 0.2) is 48.7 Å². The molecule has 8 nitrogen and oxygen atoms in total. The van der Waals surface area contributed by atoms with E-state index in [1.54, 1.807) is 17.9 Å². The van der Waals surface area contributed by atoms with E-state index in [1.807, 2.05) is 37.5 Å². The number of phenols is 1. The summed E-state index contributed by atoms with van der Waals surface area (Å²) in [6, 6.07) is 15.3. The van der Waals surface area contributed by atoms with Crippen molar-refractivity contribution in [1.82, 2.24) is 29.8 Å². The van der Waals surface area contributed by atoms with Crippen molar-refractivity contribution >= 4 is 10.9 Å². The third-order valence-electron chi connectivity index (χ3n) is 8.30. The lowest BCUT2D eigenvalue weighted by molar-refractivity contribution is 0.0913. The number of ether oxygens (including phenoxy) is 1. The second kappa shape index (κ2) is 8.82. The van der Waals surface area contributed by atoms with Gasteiger partial charge in [-0.2, -0.15) is 15.3 Å². The molecular weight excluding hydrogens is 464 g/mol. The van der Waals surface area contributed by atoms with Crippen molar-refractivity contribution in [3.05, 3.63) is 54.4 Å². The molecule has 3 aliphatic rings. The Morgan fingerprint density at radius 1 is 0.892 bits per heavy atom. The van der Waals surface area contributed by atoms with E-state index < -0.39 is 0 Å². The summed E-state index contributed by atoms with van der Waals surface area (Å²) in [5.74, 6) is 1.34. The molecule has 1 saturated carbocycles. The molecule has 2 aromatic heterocycles. The van der Waals surface area contributed by atoms with Crippen LogP contribution in [-0.2, 0) is 7.05 Å². The molecule has 3 fully saturated rings. The van der Waals surface area contributed by atoms with Crippen LogP contribution in [0.5, 0.6) is 11.5 Å². The molecule has 1 atom stereocenters. The number of rotatable bonds is 6. The van der Waals surface area contributed by atoms with Crippen LogP contribution in [0.1, 0.15) is 30.9 Å². The maximum atomic E-state index is 10.9.